The zero-order valence-corrected chi connectivity index (χ0v) is 6.12. The normalized spacial score (nSPS) is 46.3. The first-order valence-electron chi connectivity index (χ1n) is 3.94. The molecule has 0 amide bonds. The summed E-state index contributed by atoms with van der Waals surface area (Å²) in [6.45, 7) is 0. The van der Waals surface area contributed by atoms with Crippen molar-refractivity contribution in [1.82, 2.24) is 15.2 Å². The maximum absolute atomic E-state index is 6.04. The Balaban J connectivity index is 1.93. The quantitative estimate of drug-likeness (QED) is 0.592. The summed E-state index contributed by atoms with van der Waals surface area (Å²) < 4.78 is 0. The van der Waals surface area contributed by atoms with Crippen LogP contribution < -0.4 is 5.73 Å². The van der Waals surface area contributed by atoms with Crippen LogP contribution in [-0.4, -0.2) is 20.7 Å². The predicted molar refractivity (Wildman–Crippen MR) is 38.8 cm³/mol. The minimum absolute atomic E-state index is 0.0736. The van der Waals surface area contributed by atoms with Crippen LogP contribution in [-0.2, 0) is 0 Å². The molecule has 1 unspecified atom stereocenters. The molecule has 2 bridgehead atoms. The fraction of sp³-hybridized carbons (Fsp3) is 0.714. The highest BCUT2D eigenvalue weighted by Crippen LogP contribution is 2.64. The summed E-state index contributed by atoms with van der Waals surface area (Å²) in [5.41, 5.74) is 6.11. The van der Waals surface area contributed by atoms with Crippen molar-refractivity contribution in [2.75, 3.05) is 0 Å². The molecule has 1 aromatic heterocycles. The molecule has 4 rings (SSSR count). The molecule has 3 aliphatic rings. The molecule has 0 radical (unpaired) electrons. The SMILES string of the molecule is NC12CC(C1)C2c1ncn[nH]1. The highest BCUT2D eigenvalue weighted by atomic mass is 15.2. The highest BCUT2D eigenvalue weighted by molar-refractivity contribution is 5.28. The van der Waals surface area contributed by atoms with E-state index in [0.29, 0.717) is 5.92 Å². The molecule has 1 aromatic rings. The van der Waals surface area contributed by atoms with Crippen molar-refractivity contribution in [3.05, 3.63) is 12.2 Å². The Morgan fingerprint density at radius 1 is 1.64 bits per heavy atom. The zero-order valence-electron chi connectivity index (χ0n) is 6.12. The van der Waals surface area contributed by atoms with E-state index in [2.05, 4.69) is 15.2 Å². The third kappa shape index (κ3) is 0.506. The smallest absolute Gasteiger partial charge is 0.137 e. The molecule has 1 heterocycles. The van der Waals surface area contributed by atoms with Crippen molar-refractivity contribution in [1.29, 1.82) is 0 Å². The third-order valence-corrected chi connectivity index (χ3v) is 3.10. The van der Waals surface area contributed by atoms with E-state index < -0.39 is 0 Å². The predicted octanol–water partition coefficient (Wildman–Crippen LogP) is 0.00940. The van der Waals surface area contributed by atoms with Gasteiger partial charge in [-0.25, -0.2) is 4.98 Å². The fourth-order valence-electron chi connectivity index (χ4n) is 2.41. The number of hydrogen-bond acceptors (Lipinski definition) is 3. The highest BCUT2D eigenvalue weighted by Gasteiger charge is 2.64. The summed E-state index contributed by atoms with van der Waals surface area (Å²) >= 11 is 0. The standard InChI is InChI=1S/C7H10N4/c8-7-1-4(2-7)5(7)6-9-3-10-11-6/h3-5H,1-2,8H2,(H,9,10,11). The van der Waals surface area contributed by atoms with Gasteiger partial charge in [0.25, 0.3) is 0 Å². The van der Waals surface area contributed by atoms with Gasteiger partial charge in [-0.2, -0.15) is 5.10 Å². The van der Waals surface area contributed by atoms with E-state index >= 15 is 0 Å². The Hall–Kier alpha value is -0.900. The lowest BCUT2D eigenvalue weighted by atomic mass is 9.42. The molecule has 4 nitrogen and oxygen atoms in total. The van der Waals surface area contributed by atoms with Gasteiger partial charge in [-0.15, -0.1) is 0 Å². The third-order valence-electron chi connectivity index (χ3n) is 3.10. The second-order valence-electron chi connectivity index (χ2n) is 3.75. The lowest BCUT2D eigenvalue weighted by molar-refractivity contribution is -0.0607. The second kappa shape index (κ2) is 1.48. The van der Waals surface area contributed by atoms with Crippen LogP contribution in [0.5, 0.6) is 0 Å². The van der Waals surface area contributed by atoms with E-state index in [4.69, 9.17) is 5.73 Å². The van der Waals surface area contributed by atoms with Crippen molar-refractivity contribution in [2.45, 2.75) is 24.3 Å². The molecule has 3 N–H and O–H groups in total. The zero-order chi connectivity index (χ0) is 7.47. The van der Waals surface area contributed by atoms with Crippen LogP contribution in [0, 0.1) is 5.92 Å². The molecule has 11 heavy (non-hydrogen) atoms. The molecule has 0 aliphatic heterocycles. The van der Waals surface area contributed by atoms with Crippen LogP contribution in [0.2, 0.25) is 0 Å². The summed E-state index contributed by atoms with van der Waals surface area (Å²) in [4.78, 5) is 4.12. The van der Waals surface area contributed by atoms with Gasteiger partial charge in [0, 0.05) is 11.5 Å². The molecule has 0 saturated heterocycles. The summed E-state index contributed by atoms with van der Waals surface area (Å²) in [5.74, 6) is 2.24. The molecule has 58 valence electrons. The second-order valence-corrected chi connectivity index (χ2v) is 3.75. The number of nitrogens with two attached hydrogens (primary N) is 1. The van der Waals surface area contributed by atoms with Crippen molar-refractivity contribution < 1.29 is 0 Å². The maximum Gasteiger partial charge on any atom is 0.137 e. The van der Waals surface area contributed by atoms with Gasteiger partial charge in [0.2, 0.25) is 0 Å². The first-order chi connectivity index (χ1) is 5.30. The van der Waals surface area contributed by atoms with E-state index in [1.54, 1.807) is 6.33 Å². The number of H-pyrrole nitrogens is 1. The number of rotatable bonds is 1. The average Bonchev–Trinajstić information content (AvgIpc) is 2.34. The minimum Gasteiger partial charge on any atom is -0.324 e. The number of aromatic nitrogens is 3. The Bertz CT molecular complexity index is 273. The van der Waals surface area contributed by atoms with Crippen LogP contribution in [0.1, 0.15) is 24.6 Å². The molecule has 1 atom stereocenters. The van der Waals surface area contributed by atoms with Crippen molar-refractivity contribution in [2.24, 2.45) is 11.7 Å². The van der Waals surface area contributed by atoms with Gasteiger partial charge < -0.3 is 5.73 Å². The molecule has 0 aromatic carbocycles. The van der Waals surface area contributed by atoms with E-state index in [0.717, 1.165) is 11.7 Å². The summed E-state index contributed by atoms with van der Waals surface area (Å²) in [6.07, 6.45) is 3.91. The van der Waals surface area contributed by atoms with Gasteiger partial charge >= 0.3 is 0 Å². The van der Waals surface area contributed by atoms with E-state index in [9.17, 15) is 0 Å². The molecular formula is C7H10N4. The largest absolute Gasteiger partial charge is 0.324 e. The van der Waals surface area contributed by atoms with Crippen molar-refractivity contribution >= 4 is 0 Å². The lowest BCUT2D eigenvalue weighted by Gasteiger charge is -2.65. The molecule has 3 saturated carbocycles. The summed E-state index contributed by atoms with van der Waals surface area (Å²) in [5, 5.41) is 6.70. The topological polar surface area (TPSA) is 67.6 Å². The number of nitrogens with zero attached hydrogens (tertiary/aromatic N) is 2. The van der Waals surface area contributed by atoms with Crippen LogP contribution in [0.15, 0.2) is 6.33 Å². The molecular weight excluding hydrogens is 140 g/mol. The van der Waals surface area contributed by atoms with E-state index in [1.807, 2.05) is 0 Å². The summed E-state index contributed by atoms with van der Waals surface area (Å²) in [7, 11) is 0. The summed E-state index contributed by atoms with van der Waals surface area (Å²) in [6, 6.07) is 0. The van der Waals surface area contributed by atoms with Gasteiger partial charge in [0.15, 0.2) is 0 Å². The van der Waals surface area contributed by atoms with E-state index in [-0.39, 0.29) is 5.54 Å². The Morgan fingerprint density at radius 3 is 2.82 bits per heavy atom. The fourth-order valence-corrected chi connectivity index (χ4v) is 2.41. The Morgan fingerprint density at radius 2 is 2.45 bits per heavy atom. The van der Waals surface area contributed by atoms with Gasteiger partial charge in [-0.3, -0.25) is 5.10 Å². The Labute approximate surface area is 64.2 Å². The van der Waals surface area contributed by atoms with Gasteiger partial charge in [-0.05, 0) is 18.8 Å². The number of aromatic amines is 1. The van der Waals surface area contributed by atoms with Gasteiger partial charge in [0.1, 0.15) is 12.2 Å². The van der Waals surface area contributed by atoms with E-state index in [1.165, 1.54) is 12.8 Å². The number of hydrogen-bond donors (Lipinski definition) is 2. The average molecular weight is 150 g/mol. The minimum atomic E-state index is 0.0736. The first kappa shape index (κ1) is 5.71. The number of nitrogens with one attached hydrogen (secondary N) is 1. The van der Waals surface area contributed by atoms with Gasteiger partial charge in [-0.1, -0.05) is 0 Å². The molecule has 3 aliphatic carbocycles. The van der Waals surface area contributed by atoms with Crippen molar-refractivity contribution in [3.63, 3.8) is 0 Å². The molecule has 0 spiro atoms. The Kier molecular flexibility index (Phi) is 0.767. The maximum atomic E-state index is 6.04. The van der Waals surface area contributed by atoms with Gasteiger partial charge in [0.05, 0.1) is 0 Å². The van der Waals surface area contributed by atoms with Crippen LogP contribution >= 0.6 is 0 Å². The monoisotopic (exact) mass is 150 g/mol. The van der Waals surface area contributed by atoms with Crippen LogP contribution in [0.25, 0.3) is 0 Å². The van der Waals surface area contributed by atoms with Crippen LogP contribution in [0.4, 0.5) is 0 Å². The first-order valence-corrected chi connectivity index (χ1v) is 3.94. The van der Waals surface area contributed by atoms with Crippen LogP contribution in [0.3, 0.4) is 0 Å². The molecule has 3 fully saturated rings. The lowest BCUT2D eigenvalue weighted by Crippen LogP contribution is -2.71. The van der Waals surface area contributed by atoms with Crippen molar-refractivity contribution in [3.8, 4) is 0 Å². The molecule has 4 heteroatoms.